The number of nitrogens with zero attached hydrogens (tertiary/aromatic N) is 3. The van der Waals surface area contributed by atoms with E-state index in [2.05, 4.69) is 51.4 Å². The molecule has 152 valence electrons. The van der Waals surface area contributed by atoms with Crippen LogP contribution in [0.3, 0.4) is 0 Å². The molecule has 0 radical (unpaired) electrons. The van der Waals surface area contributed by atoms with Crippen molar-refractivity contribution in [1.29, 1.82) is 0 Å². The van der Waals surface area contributed by atoms with Gasteiger partial charge in [0.15, 0.2) is 5.76 Å². The van der Waals surface area contributed by atoms with E-state index in [1.807, 2.05) is 38.1 Å². The number of nitrogens with one attached hydrogen (secondary N) is 1. The van der Waals surface area contributed by atoms with Crippen LogP contribution in [0.15, 0.2) is 59.1 Å². The van der Waals surface area contributed by atoms with Crippen molar-refractivity contribution in [3.8, 4) is 17.1 Å². The molecular formula is C23H28N4O2. The Morgan fingerprint density at radius 3 is 2.52 bits per heavy atom. The molecule has 1 N–H and O–H groups in total. The quantitative estimate of drug-likeness (QED) is 0.660. The summed E-state index contributed by atoms with van der Waals surface area (Å²) in [5.41, 5.74) is 3.14. The maximum atomic E-state index is 5.90. The van der Waals surface area contributed by atoms with Gasteiger partial charge in [0.1, 0.15) is 5.75 Å². The standard InChI is InChI=1S/C23H28N4O2/c1-17(2)28-21-6-4-5-18(15-21)22-16-24-23(29-22)25-19-7-9-20(10-8-19)27-13-11-26(3)12-14-27/h4-10,15-17H,11-14H2,1-3H3,(H,24,25). The van der Waals surface area contributed by atoms with Crippen molar-refractivity contribution in [2.24, 2.45) is 0 Å². The Labute approximate surface area is 172 Å². The van der Waals surface area contributed by atoms with Gasteiger partial charge in [-0.1, -0.05) is 12.1 Å². The summed E-state index contributed by atoms with van der Waals surface area (Å²) < 4.78 is 11.7. The molecule has 0 atom stereocenters. The maximum Gasteiger partial charge on any atom is 0.299 e. The fraction of sp³-hybridized carbons (Fsp3) is 0.348. The molecule has 1 saturated heterocycles. The predicted octanol–water partition coefficient (Wildman–Crippen LogP) is 4.62. The van der Waals surface area contributed by atoms with E-state index >= 15 is 0 Å². The number of rotatable bonds is 6. The summed E-state index contributed by atoms with van der Waals surface area (Å²) in [5, 5.41) is 3.24. The van der Waals surface area contributed by atoms with Gasteiger partial charge in [-0.05, 0) is 57.3 Å². The molecular weight excluding hydrogens is 364 g/mol. The van der Waals surface area contributed by atoms with Crippen LogP contribution in [0.1, 0.15) is 13.8 Å². The summed E-state index contributed by atoms with van der Waals surface area (Å²) in [6.07, 6.45) is 1.86. The molecule has 0 amide bonds. The minimum atomic E-state index is 0.131. The van der Waals surface area contributed by atoms with Crippen LogP contribution in [-0.2, 0) is 0 Å². The van der Waals surface area contributed by atoms with Gasteiger partial charge in [0.25, 0.3) is 6.01 Å². The fourth-order valence-corrected chi connectivity index (χ4v) is 3.40. The molecule has 0 spiro atoms. The van der Waals surface area contributed by atoms with Gasteiger partial charge in [-0.15, -0.1) is 0 Å². The second kappa shape index (κ2) is 8.57. The minimum Gasteiger partial charge on any atom is -0.491 e. The van der Waals surface area contributed by atoms with Crippen molar-refractivity contribution >= 4 is 17.4 Å². The van der Waals surface area contributed by atoms with E-state index in [9.17, 15) is 0 Å². The van der Waals surface area contributed by atoms with Crippen molar-refractivity contribution in [2.75, 3.05) is 43.4 Å². The Morgan fingerprint density at radius 1 is 1.03 bits per heavy atom. The van der Waals surface area contributed by atoms with Gasteiger partial charge >= 0.3 is 0 Å². The van der Waals surface area contributed by atoms with E-state index in [4.69, 9.17) is 9.15 Å². The van der Waals surface area contributed by atoms with E-state index in [-0.39, 0.29) is 6.10 Å². The van der Waals surface area contributed by atoms with E-state index in [0.29, 0.717) is 11.8 Å². The molecule has 1 aromatic heterocycles. The zero-order valence-electron chi connectivity index (χ0n) is 17.3. The number of hydrogen-bond donors (Lipinski definition) is 1. The average Bonchev–Trinajstić information content (AvgIpc) is 3.18. The van der Waals surface area contributed by atoms with E-state index in [1.165, 1.54) is 5.69 Å². The van der Waals surface area contributed by atoms with E-state index in [0.717, 1.165) is 43.2 Å². The second-order valence-electron chi connectivity index (χ2n) is 7.69. The third-order valence-corrected chi connectivity index (χ3v) is 4.98. The molecule has 6 heteroatoms. The molecule has 4 rings (SSSR count). The number of hydrogen-bond acceptors (Lipinski definition) is 6. The SMILES string of the molecule is CC(C)Oc1cccc(-c2cnc(Nc3ccc(N4CCN(C)CC4)cc3)o2)c1. The number of aromatic nitrogens is 1. The van der Waals surface area contributed by atoms with Gasteiger partial charge in [0, 0.05) is 43.1 Å². The van der Waals surface area contributed by atoms with Crippen LogP contribution in [0.4, 0.5) is 17.4 Å². The highest BCUT2D eigenvalue weighted by Gasteiger charge is 2.14. The summed E-state index contributed by atoms with van der Waals surface area (Å²) in [6, 6.07) is 16.7. The van der Waals surface area contributed by atoms with Crippen molar-refractivity contribution in [3.05, 3.63) is 54.7 Å². The van der Waals surface area contributed by atoms with E-state index in [1.54, 1.807) is 6.20 Å². The minimum absolute atomic E-state index is 0.131. The molecule has 3 aromatic rings. The largest absolute Gasteiger partial charge is 0.491 e. The molecule has 0 aliphatic carbocycles. The first-order valence-corrected chi connectivity index (χ1v) is 10.1. The first-order valence-electron chi connectivity index (χ1n) is 10.1. The van der Waals surface area contributed by atoms with Crippen molar-refractivity contribution in [1.82, 2.24) is 9.88 Å². The van der Waals surface area contributed by atoms with Gasteiger partial charge < -0.3 is 24.3 Å². The third-order valence-electron chi connectivity index (χ3n) is 4.98. The van der Waals surface area contributed by atoms with Crippen LogP contribution in [0, 0.1) is 0 Å². The van der Waals surface area contributed by atoms with Crippen molar-refractivity contribution < 1.29 is 9.15 Å². The number of anilines is 3. The first kappa shape index (κ1) is 19.3. The highest BCUT2D eigenvalue weighted by Crippen LogP contribution is 2.28. The van der Waals surface area contributed by atoms with Gasteiger partial charge in [0.2, 0.25) is 0 Å². The summed E-state index contributed by atoms with van der Waals surface area (Å²) in [5.74, 6) is 1.53. The van der Waals surface area contributed by atoms with E-state index < -0.39 is 0 Å². The third kappa shape index (κ3) is 4.90. The molecule has 2 aromatic carbocycles. The Hall–Kier alpha value is -2.99. The predicted molar refractivity (Wildman–Crippen MR) is 117 cm³/mol. The number of oxazole rings is 1. The number of piperazine rings is 1. The normalized spacial score (nSPS) is 15.0. The van der Waals surface area contributed by atoms with Gasteiger partial charge in [-0.3, -0.25) is 0 Å². The summed E-state index contributed by atoms with van der Waals surface area (Å²) in [6.45, 7) is 8.35. The molecule has 1 aliphatic rings. The summed E-state index contributed by atoms with van der Waals surface area (Å²) in [7, 11) is 2.17. The average molecular weight is 393 g/mol. The molecule has 1 aliphatic heterocycles. The van der Waals surface area contributed by atoms with Gasteiger partial charge in [-0.2, -0.15) is 0 Å². The van der Waals surface area contributed by atoms with Gasteiger partial charge in [0.05, 0.1) is 12.3 Å². The zero-order chi connectivity index (χ0) is 20.2. The van der Waals surface area contributed by atoms with Crippen molar-refractivity contribution in [3.63, 3.8) is 0 Å². The lowest BCUT2D eigenvalue weighted by atomic mass is 10.2. The Bertz CT molecular complexity index is 928. The van der Waals surface area contributed by atoms with Crippen LogP contribution in [0.25, 0.3) is 11.3 Å². The van der Waals surface area contributed by atoms with Gasteiger partial charge in [-0.25, -0.2) is 4.98 Å². The lowest BCUT2D eigenvalue weighted by Crippen LogP contribution is -2.44. The van der Waals surface area contributed by atoms with Crippen LogP contribution in [0.2, 0.25) is 0 Å². The van der Waals surface area contributed by atoms with Crippen molar-refractivity contribution in [2.45, 2.75) is 20.0 Å². The lowest BCUT2D eigenvalue weighted by molar-refractivity contribution is 0.242. The fourth-order valence-electron chi connectivity index (χ4n) is 3.40. The Morgan fingerprint density at radius 2 is 1.79 bits per heavy atom. The highest BCUT2D eigenvalue weighted by atomic mass is 16.5. The summed E-state index contributed by atoms with van der Waals surface area (Å²) in [4.78, 5) is 9.14. The molecule has 29 heavy (non-hydrogen) atoms. The first-order chi connectivity index (χ1) is 14.1. The lowest BCUT2D eigenvalue weighted by Gasteiger charge is -2.34. The monoisotopic (exact) mass is 392 g/mol. The molecule has 6 nitrogen and oxygen atoms in total. The maximum absolute atomic E-state index is 5.90. The number of ether oxygens (including phenoxy) is 1. The highest BCUT2D eigenvalue weighted by molar-refractivity contribution is 5.62. The topological polar surface area (TPSA) is 53.8 Å². The van der Waals surface area contributed by atoms with Crippen LogP contribution < -0.4 is 15.0 Å². The zero-order valence-corrected chi connectivity index (χ0v) is 17.3. The van der Waals surface area contributed by atoms with Crippen LogP contribution in [-0.4, -0.2) is 49.2 Å². The Balaban J connectivity index is 1.41. The Kier molecular flexibility index (Phi) is 5.71. The van der Waals surface area contributed by atoms with Crippen LogP contribution >= 0.6 is 0 Å². The number of likely N-dealkylation sites (N-methyl/N-ethyl adjacent to an activating group) is 1. The second-order valence-corrected chi connectivity index (χ2v) is 7.69. The summed E-state index contributed by atoms with van der Waals surface area (Å²) >= 11 is 0. The smallest absolute Gasteiger partial charge is 0.299 e. The molecule has 0 saturated carbocycles. The molecule has 2 heterocycles. The number of benzene rings is 2. The van der Waals surface area contributed by atoms with Crippen LogP contribution in [0.5, 0.6) is 5.75 Å². The molecule has 0 unspecified atom stereocenters. The molecule has 0 bridgehead atoms. The molecule has 1 fully saturated rings.